The molecule has 2 atom stereocenters. The Balaban J connectivity index is 2.14. The van der Waals surface area contributed by atoms with Gasteiger partial charge < -0.3 is 20.1 Å². The van der Waals surface area contributed by atoms with Gasteiger partial charge >= 0.3 is 11.9 Å². The van der Waals surface area contributed by atoms with Crippen molar-refractivity contribution in [2.24, 2.45) is 11.8 Å². The lowest BCUT2D eigenvalue weighted by Crippen LogP contribution is -2.48. The lowest BCUT2D eigenvalue weighted by atomic mass is 9.85. The maximum absolute atomic E-state index is 12.2. The molecule has 2 rings (SSSR count). The van der Waals surface area contributed by atoms with Crippen LogP contribution in [0.5, 0.6) is 0 Å². The smallest absolute Gasteiger partial charge is 0.309 e. The van der Waals surface area contributed by atoms with Gasteiger partial charge in [-0.1, -0.05) is 0 Å². The number of halogens is 1. The van der Waals surface area contributed by atoms with Crippen LogP contribution in [0.25, 0.3) is 0 Å². The average Bonchev–Trinajstić information content (AvgIpc) is 2.83. The summed E-state index contributed by atoms with van der Waals surface area (Å²) in [5.41, 5.74) is 0.342. The molecule has 108 valence electrons. The number of amides is 1. The lowest BCUT2D eigenvalue weighted by molar-refractivity contribution is -0.156. The molecule has 0 bridgehead atoms. The first kappa shape index (κ1) is 14.6. The van der Waals surface area contributed by atoms with Gasteiger partial charge in [0.05, 0.1) is 11.8 Å². The zero-order valence-electron chi connectivity index (χ0n) is 10.4. The van der Waals surface area contributed by atoms with E-state index in [2.05, 4.69) is 20.9 Å². The monoisotopic (exact) mass is 344 g/mol. The minimum absolute atomic E-state index is 0.0955. The summed E-state index contributed by atoms with van der Waals surface area (Å²) in [6, 6.07) is 1.60. The van der Waals surface area contributed by atoms with Gasteiger partial charge in [0.1, 0.15) is 5.69 Å². The summed E-state index contributed by atoms with van der Waals surface area (Å²) in [5, 5.41) is 18.1. The van der Waals surface area contributed by atoms with Crippen LogP contribution in [-0.2, 0) is 9.59 Å². The number of likely N-dealkylation sites (tertiary alicyclic amines) is 1. The lowest BCUT2D eigenvalue weighted by Gasteiger charge is -2.34. The van der Waals surface area contributed by atoms with E-state index in [0.29, 0.717) is 5.69 Å². The molecule has 1 aliphatic rings. The van der Waals surface area contributed by atoms with Gasteiger partial charge in [-0.15, -0.1) is 0 Å². The van der Waals surface area contributed by atoms with Gasteiger partial charge in [-0.05, 0) is 28.4 Å². The van der Waals surface area contributed by atoms with Crippen LogP contribution in [0.1, 0.15) is 16.9 Å². The Bertz CT molecular complexity index is 556. The average molecular weight is 345 g/mol. The number of H-pyrrole nitrogens is 1. The molecule has 0 aromatic carbocycles. The number of carboxylic acid groups (broad SMARTS) is 2. The number of hydrogen-bond donors (Lipinski definition) is 3. The molecule has 1 fully saturated rings. The number of carboxylic acids is 2. The molecule has 2 unspecified atom stereocenters. The quantitative estimate of drug-likeness (QED) is 0.758. The first-order valence-corrected chi connectivity index (χ1v) is 6.78. The highest BCUT2D eigenvalue weighted by atomic mass is 79.9. The fourth-order valence-corrected chi connectivity index (χ4v) is 2.69. The summed E-state index contributed by atoms with van der Waals surface area (Å²) in [5.74, 6) is -4.68. The van der Waals surface area contributed by atoms with Crippen LogP contribution in [0.15, 0.2) is 16.7 Å². The highest BCUT2D eigenvalue weighted by Crippen LogP contribution is 2.25. The zero-order chi connectivity index (χ0) is 14.9. The van der Waals surface area contributed by atoms with E-state index in [1.165, 1.54) is 4.90 Å². The molecule has 1 amide bonds. The Labute approximate surface area is 122 Å². The second-order valence-corrected chi connectivity index (χ2v) is 5.58. The predicted octanol–water partition coefficient (Wildman–Crippen LogP) is 1.02. The van der Waals surface area contributed by atoms with Gasteiger partial charge in [0.15, 0.2) is 0 Å². The van der Waals surface area contributed by atoms with Crippen molar-refractivity contribution in [3.8, 4) is 0 Å². The number of nitrogens with one attached hydrogen (secondary N) is 1. The Morgan fingerprint density at radius 2 is 1.90 bits per heavy atom. The van der Waals surface area contributed by atoms with E-state index in [9.17, 15) is 14.4 Å². The standard InChI is InChI=1S/C12H13BrN2O5/c13-6-3-9(14-4-6)10(16)15-2-1-7(11(17)18)8(5-15)12(19)20/h3-4,7-8,14H,1-2,5H2,(H,17,18)(H,19,20). The summed E-state index contributed by atoms with van der Waals surface area (Å²) in [4.78, 5) is 38.5. The molecule has 0 spiro atoms. The van der Waals surface area contributed by atoms with Crippen LogP contribution in [-0.4, -0.2) is 51.0 Å². The molecule has 7 nitrogen and oxygen atoms in total. The van der Waals surface area contributed by atoms with Crippen LogP contribution >= 0.6 is 15.9 Å². The van der Waals surface area contributed by atoms with Gasteiger partial charge in [0.2, 0.25) is 0 Å². The number of aromatic nitrogens is 1. The normalized spacial score (nSPS) is 22.6. The third kappa shape index (κ3) is 2.84. The summed E-state index contributed by atoms with van der Waals surface area (Å²) < 4.78 is 0.719. The number of hydrogen-bond acceptors (Lipinski definition) is 3. The van der Waals surface area contributed by atoms with Crippen molar-refractivity contribution in [2.45, 2.75) is 6.42 Å². The number of rotatable bonds is 3. The van der Waals surface area contributed by atoms with Crippen LogP contribution in [0.3, 0.4) is 0 Å². The Hall–Kier alpha value is -1.83. The molecule has 3 N–H and O–H groups in total. The van der Waals surface area contributed by atoms with Crippen LogP contribution in [0, 0.1) is 11.8 Å². The number of aliphatic carboxylic acids is 2. The highest BCUT2D eigenvalue weighted by Gasteiger charge is 2.40. The first-order valence-electron chi connectivity index (χ1n) is 5.99. The van der Waals surface area contributed by atoms with Crippen molar-refractivity contribution in [1.29, 1.82) is 0 Å². The van der Waals surface area contributed by atoms with Gasteiger partial charge in [0.25, 0.3) is 5.91 Å². The second-order valence-electron chi connectivity index (χ2n) is 4.66. The molecule has 0 saturated carbocycles. The van der Waals surface area contributed by atoms with E-state index in [-0.39, 0.29) is 25.4 Å². The molecular formula is C12H13BrN2O5. The number of carbonyl (C=O) groups excluding carboxylic acids is 1. The summed E-state index contributed by atoms with van der Waals surface area (Å²) in [6.45, 7) is 0.137. The van der Waals surface area contributed by atoms with Gasteiger partial charge in [-0.2, -0.15) is 0 Å². The van der Waals surface area contributed by atoms with Crippen molar-refractivity contribution < 1.29 is 24.6 Å². The summed E-state index contributed by atoms with van der Waals surface area (Å²) >= 11 is 3.21. The maximum Gasteiger partial charge on any atom is 0.309 e. The molecular weight excluding hydrogens is 332 g/mol. The van der Waals surface area contributed by atoms with E-state index in [1.54, 1.807) is 12.3 Å². The molecule has 0 aliphatic carbocycles. The second kappa shape index (κ2) is 5.66. The first-order chi connectivity index (χ1) is 9.40. The Kier molecular flexibility index (Phi) is 4.12. The van der Waals surface area contributed by atoms with E-state index < -0.39 is 23.8 Å². The van der Waals surface area contributed by atoms with E-state index >= 15 is 0 Å². The summed E-state index contributed by atoms with van der Waals surface area (Å²) in [7, 11) is 0. The largest absolute Gasteiger partial charge is 0.481 e. The minimum Gasteiger partial charge on any atom is -0.481 e. The molecule has 1 saturated heterocycles. The number of nitrogens with zero attached hydrogens (tertiary/aromatic N) is 1. The molecule has 0 radical (unpaired) electrons. The molecule has 8 heteroatoms. The van der Waals surface area contributed by atoms with Gasteiger partial charge in [-0.25, -0.2) is 0 Å². The molecule has 1 aromatic rings. The van der Waals surface area contributed by atoms with Gasteiger partial charge in [0, 0.05) is 23.8 Å². The van der Waals surface area contributed by atoms with Crippen molar-refractivity contribution >= 4 is 33.8 Å². The van der Waals surface area contributed by atoms with Crippen LogP contribution in [0.4, 0.5) is 0 Å². The zero-order valence-corrected chi connectivity index (χ0v) is 12.0. The fourth-order valence-electron chi connectivity index (χ4n) is 2.34. The predicted molar refractivity (Wildman–Crippen MR) is 71.3 cm³/mol. The Morgan fingerprint density at radius 1 is 1.25 bits per heavy atom. The summed E-state index contributed by atoms with van der Waals surface area (Å²) in [6.07, 6.45) is 1.74. The minimum atomic E-state index is -1.19. The van der Waals surface area contributed by atoms with Crippen molar-refractivity contribution in [2.75, 3.05) is 13.1 Å². The van der Waals surface area contributed by atoms with Crippen molar-refractivity contribution in [1.82, 2.24) is 9.88 Å². The number of piperidine rings is 1. The topological polar surface area (TPSA) is 111 Å². The molecule has 20 heavy (non-hydrogen) atoms. The van der Waals surface area contributed by atoms with E-state index in [4.69, 9.17) is 10.2 Å². The van der Waals surface area contributed by atoms with E-state index in [0.717, 1.165) is 4.47 Å². The molecule has 1 aromatic heterocycles. The maximum atomic E-state index is 12.2. The SMILES string of the molecule is O=C(O)C1CCN(C(=O)c2cc(Br)c[nH]2)CC1C(=O)O. The fraction of sp³-hybridized carbons (Fsp3) is 0.417. The van der Waals surface area contributed by atoms with Crippen LogP contribution < -0.4 is 0 Å². The van der Waals surface area contributed by atoms with Crippen molar-refractivity contribution in [3.63, 3.8) is 0 Å². The van der Waals surface area contributed by atoms with E-state index in [1.807, 2.05) is 0 Å². The van der Waals surface area contributed by atoms with Crippen LogP contribution in [0.2, 0.25) is 0 Å². The third-order valence-corrected chi connectivity index (χ3v) is 3.87. The number of carbonyl (C=O) groups is 3. The third-order valence-electron chi connectivity index (χ3n) is 3.41. The van der Waals surface area contributed by atoms with Crippen molar-refractivity contribution in [3.05, 3.63) is 22.4 Å². The molecule has 2 heterocycles. The highest BCUT2D eigenvalue weighted by molar-refractivity contribution is 9.10. The Morgan fingerprint density at radius 3 is 2.40 bits per heavy atom. The van der Waals surface area contributed by atoms with Gasteiger partial charge in [-0.3, -0.25) is 14.4 Å². The number of aromatic amines is 1. The molecule has 1 aliphatic heterocycles.